The predicted octanol–water partition coefficient (Wildman–Crippen LogP) is 2.38. The lowest BCUT2D eigenvalue weighted by molar-refractivity contribution is -0.143. The standard InChI is InChI=1S/C15H23NO4/c1-3-19-15(18)7-5-4-6-10-20-14-9-8-12(2)16-13(14)11-17/h8-9,17H,3-7,10-11H2,1-2H3. The van der Waals surface area contributed by atoms with Crippen molar-refractivity contribution >= 4 is 5.97 Å². The van der Waals surface area contributed by atoms with E-state index in [-0.39, 0.29) is 12.6 Å². The molecule has 0 bridgehead atoms. The molecule has 0 unspecified atom stereocenters. The van der Waals surface area contributed by atoms with Crippen molar-refractivity contribution in [1.82, 2.24) is 4.98 Å². The number of nitrogens with zero attached hydrogens (tertiary/aromatic N) is 1. The Morgan fingerprint density at radius 1 is 1.30 bits per heavy atom. The molecule has 0 aliphatic carbocycles. The molecular weight excluding hydrogens is 258 g/mol. The molecule has 5 heteroatoms. The maximum atomic E-state index is 11.1. The molecule has 1 aromatic heterocycles. The van der Waals surface area contributed by atoms with Crippen LogP contribution in [-0.4, -0.2) is 29.3 Å². The second-order valence-electron chi connectivity index (χ2n) is 4.52. The highest BCUT2D eigenvalue weighted by molar-refractivity contribution is 5.69. The van der Waals surface area contributed by atoms with Gasteiger partial charge in [0.25, 0.3) is 0 Å². The van der Waals surface area contributed by atoms with Crippen molar-refractivity contribution in [3.8, 4) is 5.75 Å². The van der Waals surface area contributed by atoms with E-state index in [4.69, 9.17) is 9.47 Å². The smallest absolute Gasteiger partial charge is 0.305 e. The zero-order chi connectivity index (χ0) is 14.8. The van der Waals surface area contributed by atoms with Crippen LogP contribution in [0.25, 0.3) is 0 Å². The van der Waals surface area contributed by atoms with E-state index in [0.29, 0.717) is 31.1 Å². The SMILES string of the molecule is CCOC(=O)CCCCCOc1ccc(C)nc1CO. The van der Waals surface area contributed by atoms with E-state index >= 15 is 0 Å². The average Bonchev–Trinajstić information content (AvgIpc) is 2.44. The van der Waals surface area contributed by atoms with Gasteiger partial charge in [-0.15, -0.1) is 0 Å². The fourth-order valence-electron chi connectivity index (χ4n) is 1.81. The number of hydrogen-bond donors (Lipinski definition) is 1. The Morgan fingerprint density at radius 3 is 2.80 bits per heavy atom. The van der Waals surface area contributed by atoms with Crippen molar-refractivity contribution in [2.45, 2.75) is 46.1 Å². The van der Waals surface area contributed by atoms with E-state index in [1.165, 1.54) is 0 Å². The van der Waals surface area contributed by atoms with Gasteiger partial charge in [0.2, 0.25) is 0 Å². The van der Waals surface area contributed by atoms with E-state index in [1.54, 1.807) is 6.92 Å². The van der Waals surface area contributed by atoms with E-state index in [0.717, 1.165) is 25.0 Å². The maximum absolute atomic E-state index is 11.1. The molecule has 1 N–H and O–H groups in total. The van der Waals surface area contributed by atoms with Crippen molar-refractivity contribution in [1.29, 1.82) is 0 Å². The second kappa shape index (κ2) is 9.31. The van der Waals surface area contributed by atoms with E-state index in [2.05, 4.69) is 4.98 Å². The number of pyridine rings is 1. The molecule has 1 heterocycles. The van der Waals surface area contributed by atoms with Gasteiger partial charge in [-0.1, -0.05) is 0 Å². The predicted molar refractivity (Wildman–Crippen MR) is 75.5 cm³/mol. The molecule has 0 aromatic carbocycles. The van der Waals surface area contributed by atoms with Crippen LogP contribution in [0, 0.1) is 6.92 Å². The van der Waals surface area contributed by atoms with Gasteiger partial charge in [0, 0.05) is 12.1 Å². The molecule has 20 heavy (non-hydrogen) atoms. The molecule has 0 fully saturated rings. The van der Waals surface area contributed by atoms with Crippen molar-refractivity contribution < 1.29 is 19.4 Å². The first-order valence-corrected chi connectivity index (χ1v) is 7.03. The lowest BCUT2D eigenvalue weighted by atomic mass is 10.2. The summed E-state index contributed by atoms with van der Waals surface area (Å²) in [6.07, 6.45) is 3.04. The van der Waals surface area contributed by atoms with Crippen molar-refractivity contribution in [2.24, 2.45) is 0 Å². The van der Waals surface area contributed by atoms with Gasteiger partial charge >= 0.3 is 5.97 Å². The highest BCUT2D eigenvalue weighted by Gasteiger charge is 2.05. The monoisotopic (exact) mass is 281 g/mol. The van der Waals surface area contributed by atoms with Gasteiger partial charge in [-0.2, -0.15) is 0 Å². The van der Waals surface area contributed by atoms with Crippen LogP contribution in [0.4, 0.5) is 0 Å². The summed E-state index contributed by atoms with van der Waals surface area (Å²) >= 11 is 0. The van der Waals surface area contributed by atoms with E-state index < -0.39 is 0 Å². The third kappa shape index (κ3) is 6.02. The third-order valence-corrected chi connectivity index (χ3v) is 2.81. The zero-order valence-corrected chi connectivity index (χ0v) is 12.2. The Morgan fingerprint density at radius 2 is 2.10 bits per heavy atom. The highest BCUT2D eigenvalue weighted by atomic mass is 16.5. The van der Waals surface area contributed by atoms with Gasteiger partial charge < -0.3 is 14.6 Å². The van der Waals surface area contributed by atoms with E-state index in [9.17, 15) is 9.90 Å². The number of carbonyl (C=O) groups is 1. The van der Waals surface area contributed by atoms with Crippen LogP contribution in [-0.2, 0) is 16.1 Å². The summed E-state index contributed by atoms with van der Waals surface area (Å²) in [7, 11) is 0. The average molecular weight is 281 g/mol. The number of unbranched alkanes of at least 4 members (excludes halogenated alkanes) is 2. The first kappa shape index (κ1) is 16.4. The first-order chi connectivity index (χ1) is 9.67. The van der Waals surface area contributed by atoms with Crippen molar-refractivity contribution in [2.75, 3.05) is 13.2 Å². The Hall–Kier alpha value is -1.62. The van der Waals surface area contributed by atoms with Crippen molar-refractivity contribution in [3.63, 3.8) is 0 Å². The summed E-state index contributed by atoms with van der Waals surface area (Å²) in [5.41, 5.74) is 1.42. The number of carbonyl (C=O) groups excluding carboxylic acids is 1. The molecule has 1 rings (SSSR count). The molecule has 0 aliphatic heterocycles. The van der Waals surface area contributed by atoms with Crippen LogP contribution < -0.4 is 4.74 Å². The van der Waals surface area contributed by atoms with Crippen LogP contribution >= 0.6 is 0 Å². The normalized spacial score (nSPS) is 10.3. The van der Waals surface area contributed by atoms with Crippen molar-refractivity contribution in [3.05, 3.63) is 23.5 Å². The zero-order valence-electron chi connectivity index (χ0n) is 12.2. The molecule has 0 atom stereocenters. The minimum atomic E-state index is -0.140. The van der Waals surface area contributed by atoms with Gasteiger partial charge in [0.05, 0.1) is 19.8 Å². The number of hydrogen-bond acceptors (Lipinski definition) is 5. The minimum absolute atomic E-state index is 0.125. The summed E-state index contributed by atoms with van der Waals surface area (Å²) in [5, 5.41) is 9.20. The fraction of sp³-hybridized carbons (Fsp3) is 0.600. The van der Waals surface area contributed by atoms with Gasteiger partial charge in [-0.3, -0.25) is 9.78 Å². The van der Waals surface area contributed by atoms with Gasteiger partial charge in [0.15, 0.2) is 0 Å². The van der Waals surface area contributed by atoms with Crippen LogP contribution in [0.3, 0.4) is 0 Å². The van der Waals surface area contributed by atoms with Gasteiger partial charge in [-0.05, 0) is 45.2 Å². The topological polar surface area (TPSA) is 68.7 Å². The van der Waals surface area contributed by atoms with Crippen LogP contribution in [0.2, 0.25) is 0 Å². The van der Waals surface area contributed by atoms with Crippen LogP contribution in [0.15, 0.2) is 12.1 Å². The number of aliphatic hydroxyl groups is 1. The number of aryl methyl sites for hydroxylation is 1. The largest absolute Gasteiger partial charge is 0.492 e. The van der Waals surface area contributed by atoms with Gasteiger partial charge in [0.1, 0.15) is 11.4 Å². The Balaban J connectivity index is 2.20. The number of esters is 1. The maximum Gasteiger partial charge on any atom is 0.305 e. The lowest BCUT2D eigenvalue weighted by Crippen LogP contribution is -2.05. The van der Waals surface area contributed by atoms with Gasteiger partial charge in [-0.25, -0.2) is 0 Å². The first-order valence-electron chi connectivity index (χ1n) is 7.03. The van der Waals surface area contributed by atoms with Crippen LogP contribution in [0.1, 0.15) is 44.0 Å². The summed E-state index contributed by atoms with van der Waals surface area (Å²) in [6.45, 7) is 4.55. The summed E-state index contributed by atoms with van der Waals surface area (Å²) < 4.78 is 10.5. The van der Waals surface area contributed by atoms with E-state index in [1.807, 2.05) is 19.1 Å². The minimum Gasteiger partial charge on any atom is -0.492 e. The summed E-state index contributed by atoms with van der Waals surface area (Å²) in [4.78, 5) is 15.3. The molecule has 1 aromatic rings. The molecule has 0 saturated carbocycles. The Bertz CT molecular complexity index is 420. The lowest BCUT2D eigenvalue weighted by Gasteiger charge is -2.10. The molecule has 0 amide bonds. The summed E-state index contributed by atoms with van der Waals surface area (Å²) in [5.74, 6) is 0.488. The molecule has 0 saturated heterocycles. The molecule has 112 valence electrons. The number of aromatic nitrogens is 1. The molecule has 0 aliphatic rings. The molecular formula is C15H23NO4. The Kier molecular flexibility index (Phi) is 7.65. The molecule has 5 nitrogen and oxygen atoms in total. The fourth-order valence-corrected chi connectivity index (χ4v) is 1.81. The number of aliphatic hydroxyl groups excluding tert-OH is 1. The van der Waals surface area contributed by atoms with Crippen LogP contribution in [0.5, 0.6) is 5.75 Å². The highest BCUT2D eigenvalue weighted by Crippen LogP contribution is 2.17. The molecule has 0 spiro atoms. The summed E-state index contributed by atoms with van der Waals surface area (Å²) in [6, 6.07) is 3.68. The Labute approximate surface area is 119 Å². The molecule has 0 radical (unpaired) electrons. The number of rotatable bonds is 9. The number of ether oxygens (including phenoxy) is 2. The quantitative estimate of drug-likeness (QED) is 0.556. The third-order valence-electron chi connectivity index (χ3n) is 2.81. The second-order valence-corrected chi connectivity index (χ2v) is 4.52.